The van der Waals surface area contributed by atoms with E-state index < -0.39 is 5.60 Å². The number of hydrogen-bond donors (Lipinski definition) is 0. The molecular formula is C47H66N2O3. The number of esters is 1. The molecule has 0 bridgehead atoms. The van der Waals surface area contributed by atoms with Crippen LogP contribution >= 0.6 is 0 Å². The highest BCUT2D eigenvalue weighted by Crippen LogP contribution is 2.53. The molecule has 0 radical (unpaired) electrons. The highest BCUT2D eigenvalue weighted by atomic mass is 16.6. The summed E-state index contributed by atoms with van der Waals surface area (Å²) in [5.74, 6) is 0.502. The molecule has 0 amide bonds. The number of aromatic nitrogens is 1. The normalized spacial score (nSPS) is 15.3. The van der Waals surface area contributed by atoms with Crippen LogP contribution in [-0.4, -0.2) is 30.2 Å². The van der Waals surface area contributed by atoms with Crippen LogP contribution < -0.4 is 9.64 Å². The summed E-state index contributed by atoms with van der Waals surface area (Å²) >= 11 is 0. The fourth-order valence-corrected chi connectivity index (χ4v) is 8.56. The van der Waals surface area contributed by atoms with Crippen molar-refractivity contribution in [3.8, 4) is 5.75 Å². The molecule has 1 aliphatic rings. The Hall–Kier alpha value is -3.73. The third-order valence-electron chi connectivity index (χ3n) is 11.4. The fourth-order valence-electron chi connectivity index (χ4n) is 8.56. The Kier molecular flexibility index (Phi) is 15.1. The first kappa shape index (κ1) is 39.5. The minimum absolute atomic E-state index is 0.292. The van der Waals surface area contributed by atoms with Gasteiger partial charge >= 0.3 is 5.97 Å². The lowest BCUT2D eigenvalue weighted by Gasteiger charge is -2.33. The largest absolute Gasteiger partial charge is 0.493 e. The highest BCUT2D eigenvalue weighted by molar-refractivity contribution is 5.99. The minimum atomic E-state index is -1.14. The topological polar surface area (TPSA) is 43.7 Å². The molecular weight excluding hydrogens is 641 g/mol. The van der Waals surface area contributed by atoms with Crippen LogP contribution in [0.2, 0.25) is 0 Å². The molecule has 0 fully saturated rings. The van der Waals surface area contributed by atoms with E-state index in [1.54, 1.807) is 0 Å². The number of cyclic esters (lactones) is 1. The molecule has 1 aliphatic heterocycles. The predicted octanol–water partition coefficient (Wildman–Crippen LogP) is 12.9. The average molecular weight is 707 g/mol. The Morgan fingerprint density at radius 3 is 1.87 bits per heavy atom. The van der Waals surface area contributed by atoms with Crippen LogP contribution in [0.25, 0.3) is 10.9 Å². The van der Waals surface area contributed by atoms with Gasteiger partial charge in [0.2, 0.25) is 0 Å². The molecule has 1 unspecified atom stereocenters. The lowest BCUT2D eigenvalue weighted by atomic mass is 9.78. The molecule has 1 atom stereocenters. The molecule has 0 aliphatic carbocycles. The van der Waals surface area contributed by atoms with Gasteiger partial charge in [-0.25, -0.2) is 4.79 Å². The van der Waals surface area contributed by atoms with Crippen molar-refractivity contribution in [2.24, 2.45) is 0 Å². The van der Waals surface area contributed by atoms with Crippen molar-refractivity contribution in [3.63, 3.8) is 0 Å². The third-order valence-corrected chi connectivity index (χ3v) is 11.4. The zero-order valence-electron chi connectivity index (χ0n) is 33.1. The Labute approximate surface area is 315 Å². The van der Waals surface area contributed by atoms with Gasteiger partial charge in [-0.2, -0.15) is 0 Å². The van der Waals surface area contributed by atoms with Crippen LogP contribution in [0.5, 0.6) is 5.75 Å². The van der Waals surface area contributed by atoms with Crippen molar-refractivity contribution in [2.75, 3.05) is 24.6 Å². The Morgan fingerprint density at radius 1 is 0.673 bits per heavy atom. The molecule has 282 valence electrons. The van der Waals surface area contributed by atoms with Crippen LogP contribution in [0, 0.1) is 6.92 Å². The number of anilines is 1. The molecule has 0 saturated heterocycles. The van der Waals surface area contributed by atoms with Gasteiger partial charge in [0.1, 0.15) is 5.75 Å². The van der Waals surface area contributed by atoms with E-state index in [1.165, 1.54) is 89.9 Å². The molecule has 2 heterocycles. The van der Waals surface area contributed by atoms with E-state index in [2.05, 4.69) is 92.6 Å². The van der Waals surface area contributed by atoms with E-state index in [4.69, 9.17) is 9.47 Å². The standard InChI is InChI=1S/C47H66N2O3/c1-6-10-11-12-13-14-15-16-17-18-19-20-21-22-23-28-35-51-44-36-38(48(7-2)8-3)33-34-42(44)47(41-31-26-24-29-39(41)46(50)52-47)45-37(5)49(9-4)43-32-27-25-30-40(43)45/h24-27,29-34,36H,6-23,28,35H2,1-5H3. The van der Waals surface area contributed by atoms with Crippen molar-refractivity contribution in [1.82, 2.24) is 4.57 Å². The van der Waals surface area contributed by atoms with Gasteiger partial charge in [0.25, 0.3) is 0 Å². The zero-order valence-corrected chi connectivity index (χ0v) is 33.1. The number of ether oxygens (including phenoxy) is 2. The summed E-state index contributed by atoms with van der Waals surface area (Å²) in [6, 6.07) is 22.9. The summed E-state index contributed by atoms with van der Waals surface area (Å²) in [7, 11) is 0. The number of hydrogen-bond acceptors (Lipinski definition) is 4. The number of carbonyl (C=O) groups is 1. The summed E-state index contributed by atoms with van der Waals surface area (Å²) in [6.07, 6.45) is 21.5. The first-order valence-electron chi connectivity index (χ1n) is 20.9. The fraction of sp³-hybridized carbons (Fsp3) is 0.553. The van der Waals surface area contributed by atoms with E-state index >= 15 is 0 Å². The SMILES string of the molecule is CCCCCCCCCCCCCCCCCCOc1cc(N(CC)CC)ccc1C1(c2c(C)n(CC)c3ccccc23)OC(=O)c2ccccc21. The van der Waals surface area contributed by atoms with Gasteiger partial charge in [0, 0.05) is 64.7 Å². The predicted molar refractivity (Wildman–Crippen MR) is 219 cm³/mol. The summed E-state index contributed by atoms with van der Waals surface area (Å²) in [5, 5.41) is 1.10. The van der Waals surface area contributed by atoms with Crippen molar-refractivity contribution < 1.29 is 14.3 Å². The third kappa shape index (κ3) is 8.89. The average Bonchev–Trinajstić information content (AvgIpc) is 3.63. The number of aryl methyl sites for hydroxylation is 1. The van der Waals surface area contributed by atoms with Crippen LogP contribution in [-0.2, 0) is 16.9 Å². The first-order chi connectivity index (χ1) is 25.5. The van der Waals surface area contributed by atoms with Crippen LogP contribution in [0.4, 0.5) is 5.69 Å². The second kappa shape index (κ2) is 19.9. The molecule has 5 rings (SSSR count). The van der Waals surface area contributed by atoms with E-state index in [0.29, 0.717) is 12.2 Å². The second-order valence-corrected chi connectivity index (χ2v) is 14.8. The molecule has 4 aromatic rings. The number of rotatable bonds is 24. The number of carbonyl (C=O) groups excluding carboxylic acids is 1. The van der Waals surface area contributed by atoms with Crippen LogP contribution in [0.1, 0.15) is 163 Å². The Balaban J connectivity index is 1.29. The van der Waals surface area contributed by atoms with E-state index in [-0.39, 0.29) is 5.97 Å². The van der Waals surface area contributed by atoms with Crippen LogP contribution in [0.15, 0.2) is 66.7 Å². The van der Waals surface area contributed by atoms with Crippen molar-refractivity contribution in [2.45, 2.75) is 149 Å². The smallest absolute Gasteiger partial charge is 0.340 e. The summed E-state index contributed by atoms with van der Waals surface area (Å²) in [5.41, 5.74) is 5.64. The van der Waals surface area contributed by atoms with Gasteiger partial charge < -0.3 is 18.9 Å². The van der Waals surface area contributed by atoms with Crippen LogP contribution in [0.3, 0.4) is 0 Å². The number of benzene rings is 3. The molecule has 1 aromatic heterocycles. The van der Waals surface area contributed by atoms with Gasteiger partial charge in [-0.15, -0.1) is 0 Å². The molecule has 5 nitrogen and oxygen atoms in total. The number of fused-ring (bicyclic) bond motifs is 2. The summed E-state index contributed by atoms with van der Waals surface area (Å²) in [6.45, 7) is 14.3. The van der Waals surface area contributed by atoms with Gasteiger partial charge in [0.05, 0.1) is 12.2 Å². The number of para-hydroxylation sites is 1. The Morgan fingerprint density at radius 2 is 1.25 bits per heavy atom. The minimum Gasteiger partial charge on any atom is -0.493 e. The maximum absolute atomic E-state index is 13.8. The highest BCUT2D eigenvalue weighted by Gasteiger charge is 2.52. The van der Waals surface area contributed by atoms with Gasteiger partial charge in [0.15, 0.2) is 5.60 Å². The van der Waals surface area contributed by atoms with Crippen molar-refractivity contribution in [3.05, 3.63) is 94.7 Å². The molecule has 5 heteroatoms. The summed E-state index contributed by atoms with van der Waals surface area (Å²) in [4.78, 5) is 16.1. The number of nitrogens with zero attached hydrogens (tertiary/aromatic N) is 2. The molecule has 3 aromatic carbocycles. The molecule has 0 N–H and O–H groups in total. The Bertz CT molecular complexity index is 1700. The lowest BCUT2D eigenvalue weighted by Crippen LogP contribution is -2.31. The van der Waals surface area contributed by atoms with Crippen molar-refractivity contribution in [1.29, 1.82) is 0 Å². The van der Waals surface area contributed by atoms with Gasteiger partial charge in [-0.3, -0.25) is 0 Å². The van der Waals surface area contributed by atoms with Gasteiger partial charge in [-0.05, 0) is 58.4 Å². The van der Waals surface area contributed by atoms with E-state index in [9.17, 15) is 4.79 Å². The molecule has 52 heavy (non-hydrogen) atoms. The maximum atomic E-state index is 13.8. The number of unbranched alkanes of at least 4 members (excludes halogenated alkanes) is 15. The zero-order chi connectivity index (χ0) is 36.8. The molecule has 0 spiro atoms. The lowest BCUT2D eigenvalue weighted by molar-refractivity contribution is 0.0245. The first-order valence-corrected chi connectivity index (χ1v) is 20.9. The van der Waals surface area contributed by atoms with Gasteiger partial charge in [-0.1, -0.05) is 140 Å². The van der Waals surface area contributed by atoms with E-state index in [1.807, 2.05) is 18.2 Å². The summed E-state index contributed by atoms with van der Waals surface area (Å²) < 4.78 is 15.9. The quantitative estimate of drug-likeness (QED) is 0.0537. The monoisotopic (exact) mass is 707 g/mol. The van der Waals surface area contributed by atoms with Crippen molar-refractivity contribution >= 4 is 22.6 Å². The molecule has 0 saturated carbocycles. The van der Waals surface area contributed by atoms with E-state index in [0.717, 1.165) is 77.2 Å². The second-order valence-electron chi connectivity index (χ2n) is 14.8. The maximum Gasteiger partial charge on any atom is 0.340 e.